The lowest BCUT2D eigenvalue weighted by Crippen LogP contribution is -2.30. The smallest absolute Gasteiger partial charge is 0.161 e. The highest BCUT2D eigenvalue weighted by Crippen LogP contribution is 2.31. The van der Waals surface area contributed by atoms with Crippen LogP contribution in [0.15, 0.2) is 0 Å². The minimum Gasteiger partial charge on any atom is -0.370 e. The predicted octanol–water partition coefficient (Wildman–Crippen LogP) is 1.14. The average Bonchev–Trinajstić information content (AvgIpc) is 2.36. The fourth-order valence-corrected chi connectivity index (χ4v) is 1.97. The molecule has 0 aromatic rings. The largest absolute Gasteiger partial charge is 0.370 e. The van der Waals surface area contributed by atoms with Gasteiger partial charge in [-0.2, -0.15) is 0 Å². The molecule has 0 unspecified atom stereocenters. The third kappa shape index (κ3) is 0.870. The second kappa shape index (κ2) is 2.35. The van der Waals surface area contributed by atoms with Gasteiger partial charge in [0.05, 0.1) is 0 Å². The fraction of sp³-hybridized carbons (Fsp3) is 0.875. The first-order chi connectivity index (χ1) is 4.88. The number of hydrogen-bond donors (Lipinski definition) is 0. The lowest BCUT2D eigenvalue weighted by molar-refractivity contribution is -0.131. The van der Waals surface area contributed by atoms with Crippen molar-refractivity contribution in [3.05, 3.63) is 0 Å². The molecule has 56 valence electrons. The molecule has 10 heavy (non-hydrogen) atoms. The minimum absolute atomic E-state index is 0.00579. The Morgan fingerprint density at radius 2 is 2.30 bits per heavy atom. The van der Waals surface area contributed by atoms with Gasteiger partial charge in [-0.15, -0.1) is 0 Å². The van der Waals surface area contributed by atoms with Gasteiger partial charge in [0.15, 0.2) is 5.78 Å². The summed E-state index contributed by atoms with van der Waals surface area (Å²) in [4.78, 5) is 11.2. The van der Waals surface area contributed by atoms with E-state index in [0.717, 1.165) is 25.9 Å². The average molecular weight is 140 g/mol. The van der Waals surface area contributed by atoms with Crippen molar-refractivity contribution in [1.29, 1.82) is 0 Å². The molecule has 0 spiro atoms. The van der Waals surface area contributed by atoms with Crippen LogP contribution in [-0.2, 0) is 9.53 Å². The first kappa shape index (κ1) is 6.35. The molecule has 1 heterocycles. The van der Waals surface area contributed by atoms with E-state index in [9.17, 15) is 4.79 Å². The standard InChI is InChI=1S/C8H12O2/c9-7-3-1-2-6-4-5-10-8(6)7/h6,8H,1-5H2/t6-,8+/m1/s1. The van der Waals surface area contributed by atoms with E-state index in [2.05, 4.69) is 0 Å². The number of carbonyl (C=O) groups is 1. The van der Waals surface area contributed by atoms with E-state index in [-0.39, 0.29) is 6.10 Å². The summed E-state index contributed by atoms with van der Waals surface area (Å²) in [5.74, 6) is 0.912. The zero-order chi connectivity index (χ0) is 6.97. The van der Waals surface area contributed by atoms with Crippen molar-refractivity contribution >= 4 is 5.78 Å². The monoisotopic (exact) mass is 140 g/mol. The van der Waals surface area contributed by atoms with Crippen LogP contribution in [0.25, 0.3) is 0 Å². The third-order valence-electron chi connectivity index (χ3n) is 2.53. The maximum Gasteiger partial charge on any atom is 0.161 e. The van der Waals surface area contributed by atoms with E-state index in [4.69, 9.17) is 4.74 Å². The number of rotatable bonds is 0. The molecule has 0 bridgehead atoms. The van der Waals surface area contributed by atoms with Crippen molar-refractivity contribution in [2.75, 3.05) is 6.61 Å². The second-order valence-electron chi connectivity index (χ2n) is 3.20. The molecule has 0 radical (unpaired) electrons. The van der Waals surface area contributed by atoms with Gasteiger partial charge in [-0.1, -0.05) is 0 Å². The summed E-state index contributed by atoms with van der Waals surface area (Å²) in [6.07, 6.45) is 4.14. The third-order valence-corrected chi connectivity index (χ3v) is 2.53. The molecule has 1 aliphatic heterocycles. The van der Waals surface area contributed by atoms with Crippen LogP contribution in [0.3, 0.4) is 0 Å². The van der Waals surface area contributed by atoms with Crippen LogP contribution < -0.4 is 0 Å². The molecule has 0 amide bonds. The van der Waals surface area contributed by atoms with E-state index in [0.29, 0.717) is 11.7 Å². The Bertz CT molecular complexity index is 153. The number of ketones is 1. The summed E-state index contributed by atoms with van der Waals surface area (Å²) in [6, 6.07) is 0. The summed E-state index contributed by atoms with van der Waals surface area (Å²) in [5.41, 5.74) is 0. The molecule has 2 aliphatic rings. The molecule has 2 rings (SSSR count). The van der Waals surface area contributed by atoms with E-state index in [1.165, 1.54) is 6.42 Å². The van der Waals surface area contributed by atoms with Crippen molar-refractivity contribution in [3.63, 3.8) is 0 Å². The molecule has 2 heteroatoms. The SMILES string of the molecule is O=C1CCC[C@@H]2CCO[C@H]12. The maximum atomic E-state index is 11.2. The Balaban J connectivity index is 2.10. The van der Waals surface area contributed by atoms with Crippen LogP contribution >= 0.6 is 0 Å². The Morgan fingerprint density at radius 1 is 1.40 bits per heavy atom. The second-order valence-corrected chi connectivity index (χ2v) is 3.20. The Labute approximate surface area is 60.6 Å². The summed E-state index contributed by atoms with van der Waals surface area (Å²) in [6.45, 7) is 0.807. The van der Waals surface area contributed by atoms with E-state index in [1.54, 1.807) is 0 Å². The highest BCUT2D eigenvalue weighted by molar-refractivity contribution is 5.84. The van der Waals surface area contributed by atoms with Crippen LogP contribution in [0.5, 0.6) is 0 Å². The predicted molar refractivity (Wildman–Crippen MR) is 36.7 cm³/mol. The molecule has 1 saturated heterocycles. The van der Waals surface area contributed by atoms with Gasteiger partial charge < -0.3 is 4.74 Å². The molecule has 0 N–H and O–H groups in total. The highest BCUT2D eigenvalue weighted by Gasteiger charge is 2.36. The van der Waals surface area contributed by atoms with Crippen molar-refractivity contribution in [2.24, 2.45) is 5.92 Å². The Kier molecular flexibility index (Phi) is 1.49. The minimum atomic E-state index is -0.00579. The van der Waals surface area contributed by atoms with E-state index >= 15 is 0 Å². The number of hydrogen-bond acceptors (Lipinski definition) is 2. The summed E-state index contributed by atoms with van der Waals surface area (Å²) in [5, 5.41) is 0. The molecule has 2 atom stereocenters. The highest BCUT2D eigenvalue weighted by atomic mass is 16.5. The number of Topliss-reactive ketones (excluding diaryl/α,β-unsaturated/α-hetero) is 1. The zero-order valence-electron chi connectivity index (χ0n) is 6.01. The first-order valence-electron chi connectivity index (χ1n) is 4.02. The van der Waals surface area contributed by atoms with Crippen LogP contribution in [0.1, 0.15) is 25.7 Å². The summed E-state index contributed by atoms with van der Waals surface area (Å²) >= 11 is 0. The Morgan fingerprint density at radius 3 is 3.10 bits per heavy atom. The van der Waals surface area contributed by atoms with Crippen molar-refractivity contribution in [2.45, 2.75) is 31.8 Å². The molecular formula is C8H12O2. The molecular weight excluding hydrogens is 128 g/mol. The maximum absolute atomic E-state index is 11.2. The van der Waals surface area contributed by atoms with Crippen LogP contribution in [0.2, 0.25) is 0 Å². The van der Waals surface area contributed by atoms with Gasteiger partial charge in [0.1, 0.15) is 6.10 Å². The van der Waals surface area contributed by atoms with Gasteiger partial charge in [0, 0.05) is 13.0 Å². The van der Waals surface area contributed by atoms with Crippen molar-refractivity contribution in [3.8, 4) is 0 Å². The van der Waals surface area contributed by atoms with Crippen molar-refractivity contribution in [1.82, 2.24) is 0 Å². The van der Waals surface area contributed by atoms with Gasteiger partial charge in [0.25, 0.3) is 0 Å². The Hall–Kier alpha value is -0.370. The van der Waals surface area contributed by atoms with Gasteiger partial charge in [-0.05, 0) is 25.2 Å². The van der Waals surface area contributed by atoms with Crippen molar-refractivity contribution < 1.29 is 9.53 Å². The zero-order valence-corrected chi connectivity index (χ0v) is 6.01. The molecule has 0 aromatic carbocycles. The molecule has 2 nitrogen and oxygen atoms in total. The van der Waals surface area contributed by atoms with Gasteiger partial charge in [0.2, 0.25) is 0 Å². The molecule has 0 aromatic heterocycles. The van der Waals surface area contributed by atoms with E-state index < -0.39 is 0 Å². The molecule has 1 saturated carbocycles. The lowest BCUT2D eigenvalue weighted by Gasteiger charge is -2.21. The van der Waals surface area contributed by atoms with Gasteiger partial charge >= 0.3 is 0 Å². The molecule has 1 aliphatic carbocycles. The van der Waals surface area contributed by atoms with Crippen LogP contribution in [-0.4, -0.2) is 18.5 Å². The topological polar surface area (TPSA) is 26.3 Å². The quantitative estimate of drug-likeness (QED) is 0.504. The van der Waals surface area contributed by atoms with Crippen LogP contribution in [0, 0.1) is 5.92 Å². The summed E-state index contributed by atoms with van der Waals surface area (Å²) < 4.78 is 5.32. The lowest BCUT2D eigenvalue weighted by atomic mass is 9.85. The summed E-state index contributed by atoms with van der Waals surface area (Å²) in [7, 11) is 0. The first-order valence-corrected chi connectivity index (χ1v) is 4.02. The van der Waals surface area contributed by atoms with Crippen LogP contribution in [0.4, 0.5) is 0 Å². The number of ether oxygens (including phenoxy) is 1. The van der Waals surface area contributed by atoms with E-state index in [1.807, 2.05) is 0 Å². The normalized spacial score (nSPS) is 39.8. The van der Waals surface area contributed by atoms with Gasteiger partial charge in [-0.3, -0.25) is 4.79 Å². The number of carbonyl (C=O) groups excluding carboxylic acids is 1. The molecule has 2 fully saturated rings. The fourth-order valence-electron chi connectivity index (χ4n) is 1.97. The van der Waals surface area contributed by atoms with Gasteiger partial charge in [-0.25, -0.2) is 0 Å². The number of fused-ring (bicyclic) bond motifs is 1.